The molecule has 1 saturated heterocycles. The number of carbonyl (C=O) groups excluding carboxylic acids is 1. The molecule has 0 radical (unpaired) electrons. The van der Waals surface area contributed by atoms with Crippen LogP contribution in [0.25, 0.3) is 22.4 Å². The normalized spacial score (nSPS) is 15.7. The van der Waals surface area contributed by atoms with Gasteiger partial charge in [-0.25, -0.2) is 13.8 Å². The van der Waals surface area contributed by atoms with Gasteiger partial charge in [0.05, 0.1) is 23.9 Å². The Morgan fingerprint density at radius 2 is 1.81 bits per heavy atom. The number of rotatable bonds is 6. The minimum Gasteiger partial charge on any atom is -0.338 e. The van der Waals surface area contributed by atoms with Crippen LogP contribution < -0.4 is 0 Å². The summed E-state index contributed by atoms with van der Waals surface area (Å²) in [5, 5.41) is 4.13. The lowest BCUT2D eigenvalue weighted by molar-refractivity contribution is -0.137. The zero-order chi connectivity index (χ0) is 25.4. The van der Waals surface area contributed by atoms with Crippen LogP contribution in [-0.2, 0) is 11.3 Å². The van der Waals surface area contributed by atoms with Crippen molar-refractivity contribution in [3.05, 3.63) is 65.8 Å². The first kappa shape index (κ1) is 24.1. The number of fused-ring (bicyclic) bond motifs is 1. The molecule has 1 atom stereocenters. The number of nitrogens with zero attached hydrogens (tertiary/aromatic N) is 6. The Hall–Kier alpha value is -3.66. The Bertz CT molecular complexity index is 1390. The second-order valence-corrected chi connectivity index (χ2v) is 9.52. The Morgan fingerprint density at radius 1 is 1.08 bits per heavy atom. The standard InChI is InChI=1S/C26H28F2N6O2/c1-16(2)24(34-15-29-21-12-19(27)20(28)13-22(21)34)26(35)33-10-8-32(9-11-33)14-23-30-25(31-36-23)18-7-5-4-6-17(18)3/h4-7,12-13,15-16,24H,8-11,14H2,1-3H3. The molecule has 188 valence electrons. The summed E-state index contributed by atoms with van der Waals surface area (Å²) >= 11 is 0. The molecule has 8 nitrogen and oxygen atoms in total. The lowest BCUT2D eigenvalue weighted by atomic mass is 10.0. The van der Waals surface area contributed by atoms with Gasteiger partial charge in [-0.1, -0.05) is 43.3 Å². The van der Waals surface area contributed by atoms with Crippen molar-refractivity contribution in [2.75, 3.05) is 26.2 Å². The highest BCUT2D eigenvalue weighted by Gasteiger charge is 2.32. The van der Waals surface area contributed by atoms with Crippen LogP contribution in [0.15, 0.2) is 47.2 Å². The maximum Gasteiger partial charge on any atom is 0.246 e. The Labute approximate surface area is 207 Å². The van der Waals surface area contributed by atoms with Crippen LogP contribution in [0.2, 0.25) is 0 Å². The third kappa shape index (κ3) is 4.60. The lowest BCUT2D eigenvalue weighted by Crippen LogP contribution is -2.50. The summed E-state index contributed by atoms with van der Waals surface area (Å²) in [6, 6.07) is 9.48. The second kappa shape index (κ2) is 9.77. The molecule has 0 N–H and O–H groups in total. The number of piperazine rings is 1. The van der Waals surface area contributed by atoms with Gasteiger partial charge in [-0.3, -0.25) is 9.69 Å². The molecule has 1 aliphatic heterocycles. The van der Waals surface area contributed by atoms with Crippen molar-refractivity contribution in [2.45, 2.75) is 33.4 Å². The van der Waals surface area contributed by atoms with E-state index in [1.165, 1.54) is 6.33 Å². The largest absolute Gasteiger partial charge is 0.338 e. The Morgan fingerprint density at radius 3 is 2.53 bits per heavy atom. The molecule has 1 amide bonds. The highest BCUT2D eigenvalue weighted by atomic mass is 19.2. The van der Waals surface area contributed by atoms with Gasteiger partial charge in [0.2, 0.25) is 17.6 Å². The molecule has 1 fully saturated rings. The summed E-state index contributed by atoms with van der Waals surface area (Å²) in [6.07, 6.45) is 1.49. The van der Waals surface area contributed by atoms with Gasteiger partial charge in [0, 0.05) is 43.9 Å². The van der Waals surface area contributed by atoms with E-state index in [2.05, 4.69) is 20.0 Å². The summed E-state index contributed by atoms with van der Waals surface area (Å²) in [5.41, 5.74) is 2.75. The van der Waals surface area contributed by atoms with E-state index < -0.39 is 17.7 Å². The van der Waals surface area contributed by atoms with E-state index in [1.54, 1.807) is 4.57 Å². The van der Waals surface area contributed by atoms with Gasteiger partial charge in [0.25, 0.3) is 0 Å². The van der Waals surface area contributed by atoms with Gasteiger partial charge < -0.3 is 14.0 Å². The van der Waals surface area contributed by atoms with Crippen molar-refractivity contribution in [2.24, 2.45) is 5.92 Å². The van der Waals surface area contributed by atoms with Gasteiger partial charge >= 0.3 is 0 Å². The molecular weight excluding hydrogens is 466 g/mol. The van der Waals surface area contributed by atoms with Crippen LogP contribution in [0.4, 0.5) is 8.78 Å². The van der Waals surface area contributed by atoms with E-state index in [9.17, 15) is 13.6 Å². The SMILES string of the molecule is Cc1ccccc1-c1noc(CN2CCN(C(=O)C(C(C)C)n3cnc4cc(F)c(F)cc43)CC2)n1. The third-order valence-corrected chi connectivity index (χ3v) is 6.70. The smallest absolute Gasteiger partial charge is 0.246 e. The molecule has 0 spiro atoms. The van der Waals surface area contributed by atoms with Gasteiger partial charge in [-0.05, 0) is 18.4 Å². The molecule has 1 aliphatic rings. The molecule has 10 heteroatoms. The highest BCUT2D eigenvalue weighted by molar-refractivity contribution is 5.84. The minimum absolute atomic E-state index is 0.0617. The van der Waals surface area contributed by atoms with Gasteiger partial charge in [0.1, 0.15) is 6.04 Å². The van der Waals surface area contributed by atoms with Gasteiger partial charge in [0.15, 0.2) is 11.6 Å². The molecule has 0 bridgehead atoms. The van der Waals surface area contributed by atoms with Crippen LogP contribution in [0.3, 0.4) is 0 Å². The summed E-state index contributed by atoms with van der Waals surface area (Å²) in [4.78, 5) is 26.3. The topological polar surface area (TPSA) is 80.3 Å². The third-order valence-electron chi connectivity index (χ3n) is 6.70. The number of hydrogen-bond donors (Lipinski definition) is 0. The zero-order valence-corrected chi connectivity index (χ0v) is 20.5. The Balaban J connectivity index is 1.25. The van der Waals surface area contributed by atoms with Crippen molar-refractivity contribution in [3.8, 4) is 11.4 Å². The number of halogens is 2. The molecule has 2 aromatic carbocycles. The van der Waals surface area contributed by atoms with E-state index in [0.717, 1.165) is 23.3 Å². The molecule has 36 heavy (non-hydrogen) atoms. The van der Waals surface area contributed by atoms with Crippen molar-refractivity contribution < 1.29 is 18.1 Å². The fourth-order valence-corrected chi connectivity index (χ4v) is 4.73. The average molecular weight is 495 g/mol. The minimum atomic E-state index is -0.959. The fourth-order valence-electron chi connectivity index (χ4n) is 4.73. The monoisotopic (exact) mass is 494 g/mol. The quantitative estimate of drug-likeness (QED) is 0.400. The maximum absolute atomic E-state index is 13.9. The lowest BCUT2D eigenvalue weighted by Gasteiger charge is -2.37. The number of benzene rings is 2. The summed E-state index contributed by atoms with van der Waals surface area (Å²) < 4.78 is 34.7. The average Bonchev–Trinajstić information content (AvgIpc) is 3.47. The fraction of sp³-hybridized carbons (Fsp3) is 0.385. The van der Waals surface area contributed by atoms with Gasteiger partial charge in [-0.15, -0.1) is 0 Å². The van der Waals surface area contributed by atoms with Crippen molar-refractivity contribution >= 4 is 16.9 Å². The predicted octanol–water partition coefficient (Wildman–Crippen LogP) is 4.21. The summed E-state index contributed by atoms with van der Waals surface area (Å²) in [5.74, 6) is -0.941. The molecule has 0 aliphatic carbocycles. The van der Waals surface area contributed by atoms with E-state index in [0.29, 0.717) is 55.5 Å². The van der Waals surface area contributed by atoms with E-state index in [1.807, 2.05) is 49.9 Å². The van der Waals surface area contributed by atoms with Crippen LogP contribution in [-0.4, -0.2) is 61.6 Å². The number of carbonyl (C=O) groups is 1. The van der Waals surface area contributed by atoms with Crippen LogP contribution in [0, 0.1) is 24.5 Å². The summed E-state index contributed by atoms with van der Waals surface area (Å²) in [6.45, 7) is 8.77. The van der Waals surface area contributed by atoms with E-state index >= 15 is 0 Å². The molecule has 5 rings (SSSR count). The van der Waals surface area contributed by atoms with Crippen molar-refractivity contribution in [1.82, 2.24) is 29.5 Å². The molecule has 3 heterocycles. The molecule has 2 aromatic heterocycles. The zero-order valence-electron chi connectivity index (χ0n) is 20.5. The van der Waals surface area contributed by atoms with Crippen LogP contribution >= 0.6 is 0 Å². The summed E-state index contributed by atoms with van der Waals surface area (Å²) in [7, 11) is 0. The Kier molecular flexibility index (Phi) is 6.53. The predicted molar refractivity (Wildman–Crippen MR) is 130 cm³/mol. The number of amides is 1. The van der Waals surface area contributed by atoms with Gasteiger partial charge in [-0.2, -0.15) is 4.98 Å². The number of aromatic nitrogens is 4. The van der Waals surface area contributed by atoms with Crippen molar-refractivity contribution in [1.29, 1.82) is 0 Å². The molecule has 4 aromatic rings. The highest BCUT2D eigenvalue weighted by Crippen LogP contribution is 2.28. The van der Waals surface area contributed by atoms with E-state index in [-0.39, 0.29) is 11.8 Å². The van der Waals surface area contributed by atoms with Crippen LogP contribution in [0.5, 0.6) is 0 Å². The van der Waals surface area contributed by atoms with Crippen molar-refractivity contribution in [3.63, 3.8) is 0 Å². The first-order chi connectivity index (χ1) is 17.3. The number of imidazole rings is 1. The number of hydrogen-bond acceptors (Lipinski definition) is 6. The van der Waals surface area contributed by atoms with E-state index in [4.69, 9.17) is 4.52 Å². The molecule has 1 unspecified atom stereocenters. The second-order valence-electron chi connectivity index (χ2n) is 9.52. The maximum atomic E-state index is 13.9. The first-order valence-corrected chi connectivity index (χ1v) is 12.0. The first-order valence-electron chi connectivity index (χ1n) is 12.0. The number of aryl methyl sites for hydroxylation is 1. The molecule has 0 saturated carbocycles. The van der Waals surface area contributed by atoms with Crippen LogP contribution in [0.1, 0.15) is 31.3 Å². The molecular formula is C26H28F2N6O2.